The molecule has 3 rings (SSSR count). The summed E-state index contributed by atoms with van der Waals surface area (Å²) >= 11 is 7.76. The second-order valence-electron chi connectivity index (χ2n) is 4.69. The molecular weight excluding hydrogens is 322 g/mol. The molecule has 5 nitrogen and oxygen atoms in total. The van der Waals surface area contributed by atoms with E-state index in [9.17, 15) is 4.79 Å². The van der Waals surface area contributed by atoms with E-state index in [1.165, 1.54) is 0 Å². The van der Waals surface area contributed by atoms with Gasteiger partial charge < -0.3 is 9.64 Å². The Hall–Kier alpha value is -1.79. The Morgan fingerprint density at radius 1 is 1.36 bits per heavy atom. The number of nitrogens with zero attached hydrogens (tertiary/aromatic N) is 3. The number of hydrogen-bond acceptors (Lipinski definition) is 5. The molecule has 1 atom stereocenters. The molecule has 0 N–H and O–H groups in total. The maximum Gasteiger partial charge on any atom is 0.316 e. The zero-order valence-corrected chi connectivity index (χ0v) is 13.3. The molecule has 1 aliphatic rings. The number of hydrogen-bond donors (Lipinski definition) is 0. The molecule has 2 aromatic rings. The number of carbonyl (C=O) groups excluding carboxylic acids is 1. The van der Waals surface area contributed by atoms with Crippen LogP contribution in [0.25, 0.3) is 0 Å². The predicted octanol–water partition coefficient (Wildman–Crippen LogP) is 2.78. The summed E-state index contributed by atoms with van der Waals surface area (Å²) in [5, 5.41) is 0.651. The van der Waals surface area contributed by atoms with Crippen molar-refractivity contribution in [2.24, 2.45) is 0 Å². The third-order valence-corrected chi connectivity index (χ3v) is 4.71. The van der Waals surface area contributed by atoms with Crippen LogP contribution in [0.5, 0.6) is 6.01 Å². The molecule has 1 saturated heterocycles. The zero-order chi connectivity index (χ0) is 15.4. The van der Waals surface area contributed by atoms with Crippen LogP contribution >= 0.6 is 23.4 Å². The van der Waals surface area contributed by atoms with Crippen molar-refractivity contribution < 1.29 is 9.53 Å². The Morgan fingerprint density at radius 2 is 2.18 bits per heavy atom. The minimum absolute atomic E-state index is 0.0218. The van der Waals surface area contributed by atoms with Gasteiger partial charge in [-0.3, -0.25) is 4.79 Å². The van der Waals surface area contributed by atoms with Gasteiger partial charge in [-0.15, -0.1) is 11.8 Å². The highest BCUT2D eigenvalue weighted by Crippen LogP contribution is 2.38. The molecule has 7 heteroatoms. The molecular formula is C15H14ClN3O2S. The minimum Gasteiger partial charge on any atom is -0.453 e. The molecule has 0 spiro atoms. The zero-order valence-electron chi connectivity index (χ0n) is 11.7. The largest absolute Gasteiger partial charge is 0.453 e. The molecule has 1 aromatic carbocycles. The second kappa shape index (κ2) is 6.98. The van der Waals surface area contributed by atoms with Crippen LogP contribution in [0.2, 0.25) is 5.02 Å². The fraction of sp³-hybridized carbons (Fsp3) is 0.267. The van der Waals surface area contributed by atoms with Gasteiger partial charge in [0.15, 0.2) is 6.61 Å². The fourth-order valence-corrected chi connectivity index (χ4v) is 3.70. The highest BCUT2D eigenvalue weighted by molar-refractivity contribution is 7.99. The molecule has 1 amide bonds. The van der Waals surface area contributed by atoms with Gasteiger partial charge in [-0.25, -0.2) is 9.97 Å². The van der Waals surface area contributed by atoms with Gasteiger partial charge in [0, 0.05) is 29.7 Å². The van der Waals surface area contributed by atoms with Crippen LogP contribution in [0.3, 0.4) is 0 Å². The van der Waals surface area contributed by atoms with E-state index in [0.29, 0.717) is 11.6 Å². The second-order valence-corrected chi connectivity index (χ2v) is 6.31. The Morgan fingerprint density at radius 3 is 2.95 bits per heavy atom. The van der Waals surface area contributed by atoms with Crippen molar-refractivity contribution in [3.05, 3.63) is 53.3 Å². The standard InChI is InChI=1S/C15H14ClN3O2S/c16-12-4-1-3-11(9-12)14-19(7-8-22-14)13(20)10-21-15-17-5-2-6-18-15/h1-6,9,14H,7-8,10H2. The quantitative estimate of drug-likeness (QED) is 0.860. The highest BCUT2D eigenvalue weighted by atomic mass is 35.5. The first-order chi connectivity index (χ1) is 10.7. The maximum absolute atomic E-state index is 12.4. The molecule has 0 aliphatic carbocycles. The minimum atomic E-state index is -0.0811. The van der Waals surface area contributed by atoms with E-state index in [-0.39, 0.29) is 23.9 Å². The summed E-state index contributed by atoms with van der Waals surface area (Å²) in [7, 11) is 0. The van der Waals surface area contributed by atoms with Crippen molar-refractivity contribution in [3.63, 3.8) is 0 Å². The number of rotatable bonds is 4. The van der Waals surface area contributed by atoms with Crippen molar-refractivity contribution >= 4 is 29.3 Å². The van der Waals surface area contributed by atoms with Crippen molar-refractivity contribution in [2.45, 2.75) is 5.37 Å². The van der Waals surface area contributed by atoms with Gasteiger partial charge in [0.1, 0.15) is 5.37 Å². The van der Waals surface area contributed by atoms with Gasteiger partial charge in [-0.1, -0.05) is 23.7 Å². The summed E-state index contributed by atoms with van der Waals surface area (Å²) in [4.78, 5) is 22.1. The molecule has 22 heavy (non-hydrogen) atoms. The van der Waals surface area contributed by atoms with E-state index in [1.54, 1.807) is 35.1 Å². The first-order valence-electron chi connectivity index (χ1n) is 6.80. The smallest absolute Gasteiger partial charge is 0.316 e. The van der Waals surface area contributed by atoms with Crippen LogP contribution in [0.15, 0.2) is 42.7 Å². The Kier molecular flexibility index (Phi) is 4.80. The number of thioether (sulfide) groups is 1. The predicted molar refractivity (Wildman–Crippen MR) is 85.9 cm³/mol. The summed E-state index contributed by atoms with van der Waals surface area (Å²) in [5.41, 5.74) is 1.03. The number of benzene rings is 1. The third kappa shape index (κ3) is 3.51. The molecule has 0 saturated carbocycles. The van der Waals surface area contributed by atoms with E-state index >= 15 is 0 Å². The van der Waals surface area contributed by atoms with Crippen LogP contribution in [0, 0.1) is 0 Å². The Balaban J connectivity index is 1.66. The van der Waals surface area contributed by atoms with Crippen molar-refractivity contribution in [3.8, 4) is 6.01 Å². The Bertz CT molecular complexity index is 656. The number of ether oxygens (including phenoxy) is 1. The molecule has 2 heterocycles. The lowest BCUT2D eigenvalue weighted by Gasteiger charge is -2.24. The summed E-state index contributed by atoms with van der Waals surface area (Å²) in [5.74, 6) is 0.813. The average molecular weight is 336 g/mol. The summed E-state index contributed by atoms with van der Waals surface area (Å²) in [6.07, 6.45) is 3.15. The lowest BCUT2D eigenvalue weighted by atomic mass is 10.2. The molecule has 114 valence electrons. The maximum atomic E-state index is 12.4. The topological polar surface area (TPSA) is 55.3 Å². The van der Waals surface area contributed by atoms with Gasteiger partial charge in [-0.2, -0.15) is 0 Å². The van der Waals surface area contributed by atoms with Gasteiger partial charge in [0.25, 0.3) is 5.91 Å². The number of halogens is 1. The monoisotopic (exact) mass is 335 g/mol. The number of amides is 1. The van der Waals surface area contributed by atoms with Crippen molar-refractivity contribution in [1.82, 2.24) is 14.9 Å². The van der Waals surface area contributed by atoms with Gasteiger partial charge in [0.05, 0.1) is 0 Å². The van der Waals surface area contributed by atoms with Gasteiger partial charge >= 0.3 is 6.01 Å². The lowest BCUT2D eigenvalue weighted by molar-refractivity contribution is -0.133. The average Bonchev–Trinajstić information content (AvgIpc) is 3.03. The van der Waals surface area contributed by atoms with E-state index in [0.717, 1.165) is 11.3 Å². The van der Waals surface area contributed by atoms with E-state index in [1.807, 2.05) is 24.3 Å². The number of aromatic nitrogens is 2. The van der Waals surface area contributed by atoms with Crippen LogP contribution in [-0.2, 0) is 4.79 Å². The summed E-state index contributed by atoms with van der Waals surface area (Å²) in [6, 6.07) is 9.51. The fourth-order valence-electron chi connectivity index (χ4n) is 2.23. The van der Waals surface area contributed by atoms with Gasteiger partial charge in [-0.05, 0) is 23.8 Å². The Labute approximate surface area is 137 Å². The molecule has 0 radical (unpaired) electrons. The SMILES string of the molecule is O=C(COc1ncccn1)N1CCSC1c1cccc(Cl)c1. The van der Waals surface area contributed by atoms with Crippen LogP contribution in [-0.4, -0.2) is 39.7 Å². The van der Waals surface area contributed by atoms with E-state index in [2.05, 4.69) is 9.97 Å². The van der Waals surface area contributed by atoms with Gasteiger partial charge in [0.2, 0.25) is 0 Å². The van der Waals surface area contributed by atoms with Crippen LogP contribution in [0.4, 0.5) is 0 Å². The first kappa shape index (κ1) is 15.1. The molecule has 1 aliphatic heterocycles. The number of carbonyl (C=O) groups is 1. The van der Waals surface area contributed by atoms with E-state index in [4.69, 9.17) is 16.3 Å². The molecule has 1 aromatic heterocycles. The third-order valence-electron chi connectivity index (χ3n) is 3.21. The van der Waals surface area contributed by atoms with E-state index < -0.39 is 0 Å². The molecule has 0 bridgehead atoms. The molecule has 1 unspecified atom stereocenters. The summed E-state index contributed by atoms with van der Waals surface area (Å²) in [6.45, 7) is 0.626. The molecule has 1 fully saturated rings. The van der Waals surface area contributed by atoms with Crippen molar-refractivity contribution in [2.75, 3.05) is 18.9 Å². The normalized spacial score (nSPS) is 17.5. The van der Waals surface area contributed by atoms with Crippen LogP contribution in [0.1, 0.15) is 10.9 Å². The summed E-state index contributed by atoms with van der Waals surface area (Å²) < 4.78 is 5.34. The van der Waals surface area contributed by atoms with Crippen LogP contribution < -0.4 is 4.74 Å². The highest BCUT2D eigenvalue weighted by Gasteiger charge is 2.30. The lowest BCUT2D eigenvalue weighted by Crippen LogP contribution is -2.34. The van der Waals surface area contributed by atoms with Crippen molar-refractivity contribution in [1.29, 1.82) is 0 Å². The first-order valence-corrected chi connectivity index (χ1v) is 8.23.